The summed E-state index contributed by atoms with van der Waals surface area (Å²) in [5, 5.41) is 0. The van der Waals surface area contributed by atoms with Crippen LogP contribution in [0.5, 0.6) is 0 Å². The van der Waals surface area contributed by atoms with Crippen LogP contribution in [-0.4, -0.2) is 5.78 Å². The first-order valence-electron chi connectivity index (χ1n) is 3.22. The van der Waals surface area contributed by atoms with E-state index in [9.17, 15) is 4.79 Å². The molecule has 0 atom stereocenters. The molecular weight excluding hydrogens is 112 g/mol. The molecule has 0 N–H and O–H groups in total. The molecule has 9 heavy (non-hydrogen) atoms. The fourth-order valence-electron chi connectivity index (χ4n) is 0.487. The van der Waals surface area contributed by atoms with Crippen molar-refractivity contribution in [1.29, 1.82) is 0 Å². The highest BCUT2D eigenvalue weighted by atomic mass is 16.1. The lowest BCUT2D eigenvalue weighted by Gasteiger charge is -2.01. The molecule has 0 aliphatic heterocycles. The van der Waals surface area contributed by atoms with E-state index in [0.717, 1.165) is 5.57 Å². The van der Waals surface area contributed by atoms with Crippen LogP contribution in [0, 0.1) is 5.92 Å². The van der Waals surface area contributed by atoms with Crippen molar-refractivity contribution in [3.05, 3.63) is 11.6 Å². The van der Waals surface area contributed by atoms with Gasteiger partial charge in [-0.3, -0.25) is 4.79 Å². The van der Waals surface area contributed by atoms with E-state index in [0.29, 0.717) is 5.92 Å². The largest absolute Gasteiger partial charge is 0.295 e. The third-order valence-corrected chi connectivity index (χ3v) is 1.34. The van der Waals surface area contributed by atoms with E-state index in [1.807, 2.05) is 6.92 Å². The van der Waals surface area contributed by atoms with E-state index in [1.54, 1.807) is 13.0 Å². The van der Waals surface area contributed by atoms with Crippen LogP contribution in [0.1, 0.15) is 27.7 Å². The fourth-order valence-corrected chi connectivity index (χ4v) is 0.487. The Balaban J connectivity index is 4.00. The predicted octanol–water partition coefficient (Wildman–Crippen LogP) is 2.18. The Morgan fingerprint density at radius 1 is 1.33 bits per heavy atom. The SMILES string of the molecule is CC(=O)C=C(C)C(C)C. The maximum atomic E-state index is 10.5. The molecule has 0 unspecified atom stereocenters. The molecule has 0 rings (SSSR count). The minimum atomic E-state index is 0.140. The third kappa shape index (κ3) is 3.95. The van der Waals surface area contributed by atoms with Gasteiger partial charge in [-0.2, -0.15) is 0 Å². The molecule has 0 bridgehead atoms. The zero-order chi connectivity index (χ0) is 7.44. The van der Waals surface area contributed by atoms with E-state index >= 15 is 0 Å². The van der Waals surface area contributed by atoms with Crippen LogP contribution in [0.15, 0.2) is 11.6 Å². The Labute approximate surface area is 56.8 Å². The summed E-state index contributed by atoms with van der Waals surface area (Å²) in [5.41, 5.74) is 1.16. The van der Waals surface area contributed by atoms with Crippen molar-refractivity contribution in [1.82, 2.24) is 0 Å². The first-order chi connectivity index (χ1) is 4.04. The lowest BCUT2D eigenvalue weighted by Crippen LogP contribution is -1.92. The van der Waals surface area contributed by atoms with Gasteiger partial charge in [0.1, 0.15) is 0 Å². The summed E-state index contributed by atoms with van der Waals surface area (Å²) in [6, 6.07) is 0. The van der Waals surface area contributed by atoms with Gasteiger partial charge in [0.05, 0.1) is 0 Å². The van der Waals surface area contributed by atoms with Gasteiger partial charge in [-0.05, 0) is 25.8 Å². The lowest BCUT2D eigenvalue weighted by molar-refractivity contribution is -0.112. The molecule has 0 aromatic rings. The molecule has 0 radical (unpaired) electrons. The number of hydrogen-bond donors (Lipinski definition) is 0. The molecule has 1 heteroatoms. The zero-order valence-corrected chi connectivity index (χ0v) is 6.56. The number of allylic oxidation sites excluding steroid dienone is 2. The minimum Gasteiger partial charge on any atom is -0.295 e. The molecule has 0 aromatic carbocycles. The van der Waals surface area contributed by atoms with Gasteiger partial charge in [-0.1, -0.05) is 19.4 Å². The Hall–Kier alpha value is -0.590. The molecule has 0 aliphatic rings. The minimum absolute atomic E-state index is 0.140. The quantitative estimate of drug-likeness (QED) is 0.518. The highest BCUT2D eigenvalue weighted by Gasteiger charge is 1.95. The summed E-state index contributed by atoms with van der Waals surface area (Å²) in [7, 11) is 0. The van der Waals surface area contributed by atoms with E-state index in [-0.39, 0.29) is 5.78 Å². The van der Waals surface area contributed by atoms with Gasteiger partial charge in [0, 0.05) is 0 Å². The normalized spacial score (nSPS) is 12.3. The highest BCUT2D eigenvalue weighted by Crippen LogP contribution is 2.06. The van der Waals surface area contributed by atoms with Crippen molar-refractivity contribution in [2.75, 3.05) is 0 Å². The summed E-state index contributed by atoms with van der Waals surface area (Å²) >= 11 is 0. The van der Waals surface area contributed by atoms with E-state index in [4.69, 9.17) is 0 Å². The van der Waals surface area contributed by atoms with Crippen LogP contribution in [0.25, 0.3) is 0 Å². The van der Waals surface area contributed by atoms with Gasteiger partial charge >= 0.3 is 0 Å². The van der Waals surface area contributed by atoms with E-state index < -0.39 is 0 Å². The molecular formula is C8H14O. The smallest absolute Gasteiger partial charge is 0.152 e. The van der Waals surface area contributed by atoms with Crippen LogP contribution >= 0.6 is 0 Å². The lowest BCUT2D eigenvalue weighted by atomic mass is 10.0. The Morgan fingerprint density at radius 2 is 1.78 bits per heavy atom. The van der Waals surface area contributed by atoms with Crippen molar-refractivity contribution >= 4 is 5.78 Å². The van der Waals surface area contributed by atoms with Crippen LogP contribution in [-0.2, 0) is 4.79 Å². The third-order valence-electron chi connectivity index (χ3n) is 1.34. The molecule has 0 fully saturated rings. The molecule has 0 saturated heterocycles. The number of carbonyl (C=O) groups excluding carboxylic acids is 1. The molecule has 0 spiro atoms. The maximum Gasteiger partial charge on any atom is 0.152 e. The number of rotatable bonds is 2. The maximum absolute atomic E-state index is 10.5. The molecule has 0 aromatic heterocycles. The van der Waals surface area contributed by atoms with Gasteiger partial charge in [-0.15, -0.1) is 0 Å². The first-order valence-corrected chi connectivity index (χ1v) is 3.22. The van der Waals surface area contributed by atoms with Crippen LogP contribution in [0.3, 0.4) is 0 Å². The second-order valence-electron chi connectivity index (χ2n) is 2.65. The summed E-state index contributed by atoms with van der Waals surface area (Å²) in [6.45, 7) is 7.71. The fraction of sp³-hybridized carbons (Fsp3) is 0.625. The molecule has 1 nitrogen and oxygen atoms in total. The number of carbonyl (C=O) groups is 1. The van der Waals surface area contributed by atoms with E-state index in [2.05, 4.69) is 13.8 Å². The monoisotopic (exact) mass is 126 g/mol. The highest BCUT2D eigenvalue weighted by molar-refractivity contribution is 5.87. The second kappa shape index (κ2) is 3.44. The van der Waals surface area contributed by atoms with Gasteiger partial charge in [0.25, 0.3) is 0 Å². The molecule has 0 aliphatic carbocycles. The Bertz CT molecular complexity index is 132. The zero-order valence-electron chi connectivity index (χ0n) is 6.56. The standard InChI is InChI=1S/C8H14O/c1-6(2)7(3)5-8(4)9/h5-6H,1-4H3. The molecule has 52 valence electrons. The Kier molecular flexibility index (Phi) is 3.21. The van der Waals surface area contributed by atoms with Crippen LogP contribution in [0.2, 0.25) is 0 Å². The van der Waals surface area contributed by atoms with Gasteiger partial charge in [0.2, 0.25) is 0 Å². The van der Waals surface area contributed by atoms with Gasteiger partial charge in [0.15, 0.2) is 5.78 Å². The summed E-state index contributed by atoms with van der Waals surface area (Å²) in [4.78, 5) is 10.5. The molecule has 0 amide bonds. The van der Waals surface area contributed by atoms with Crippen molar-refractivity contribution in [2.24, 2.45) is 5.92 Å². The average Bonchev–Trinajstić information content (AvgIpc) is 1.63. The Morgan fingerprint density at radius 3 is 1.89 bits per heavy atom. The second-order valence-corrected chi connectivity index (χ2v) is 2.65. The molecule has 0 saturated carbocycles. The van der Waals surface area contributed by atoms with Crippen molar-refractivity contribution < 1.29 is 4.79 Å². The summed E-state index contributed by atoms with van der Waals surface area (Å²) < 4.78 is 0. The molecule has 0 heterocycles. The average molecular weight is 126 g/mol. The summed E-state index contributed by atoms with van der Waals surface area (Å²) in [5.74, 6) is 0.634. The van der Waals surface area contributed by atoms with Gasteiger partial charge in [-0.25, -0.2) is 0 Å². The van der Waals surface area contributed by atoms with Gasteiger partial charge < -0.3 is 0 Å². The van der Waals surface area contributed by atoms with Crippen LogP contribution < -0.4 is 0 Å². The predicted molar refractivity (Wildman–Crippen MR) is 39.3 cm³/mol. The first kappa shape index (κ1) is 8.41. The topological polar surface area (TPSA) is 17.1 Å². The van der Waals surface area contributed by atoms with Crippen molar-refractivity contribution in [3.63, 3.8) is 0 Å². The van der Waals surface area contributed by atoms with E-state index in [1.165, 1.54) is 0 Å². The van der Waals surface area contributed by atoms with Crippen LogP contribution in [0.4, 0.5) is 0 Å². The van der Waals surface area contributed by atoms with Crippen molar-refractivity contribution in [2.45, 2.75) is 27.7 Å². The summed E-state index contributed by atoms with van der Waals surface area (Å²) in [6.07, 6.45) is 1.69. The van der Waals surface area contributed by atoms with Crippen molar-refractivity contribution in [3.8, 4) is 0 Å². The number of ketones is 1. The number of hydrogen-bond acceptors (Lipinski definition) is 1.